The lowest BCUT2D eigenvalue weighted by atomic mass is 9.91. The molecule has 1 unspecified atom stereocenters. The number of carbonyl (C=O) groups is 1. The highest BCUT2D eigenvalue weighted by Gasteiger charge is 2.36. The lowest BCUT2D eigenvalue weighted by Gasteiger charge is -2.28. The minimum atomic E-state index is -1.42. The summed E-state index contributed by atoms with van der Waals surface area (Å²) in [5.74, 6) is -0.0828. The molecule has 0 bridgehead atoms. The summed E-state index contributed by atoms with van der Waals surface area (Å²) in [4.78, 5) is 12.2. The summed E-state index contributed by atoms with van der Waals surface area (Å²) >= 11 is 0. The van der Waals surface area contributed by atoms with Crippen LogP contribution in [0, 0.1) is 11.3 Å². The van der Waals surface area contributed by atoms with Crippen molar-refractivity contribution in [1.29, 1.82) is 5.26 Å². The molecule has 2 N–H and O–H groups in total. The maximum absolute atomic E-state index is 12.2. The fourth-order valence-corrected chi connectivity index (χ4v) is 3.00. The van der Waals surface area contributed by atoms with Crippen LogP contribution in [0.5, 0.6) is 11.5 Å². The molecule has 6 heteroatoms. The lowest BCUT2D eigenvalue weighted by molar-refractivity contribution is -0.142. The summed E-state index contributed by atoms with van der Waals surface area (Å²) in [6.07, 6.45) is 0. The number of hydrogen-bond acceptors (Lipinski definition) is 5. The Morgan fingerprint density at radius 3 is 2.37 bits per heavy atom. The average Bonchev–Trinajstić information content (AvgIpc) is 2.78. The minimum Gasteiger partial charge on any atom is -0.493 e. The second-order valence-electron chi connectivity index (χ2n) is 6.88. The Bertz CT molecular complexity index is 1060. The molecule has 0 heterocycles. The summed E-state index contributed by atoms with van der Waals surface area (Å²) in [5, 5.41) is 21.9. The van der Waals surface area contributed by atoms with Crippen LogP contribution in [0.3, 0.4) is 0 Å². The number of carboxylic acid groups (broad SMARTS) is 1. The van der Waals surface area contributed by atoms with Crippen LogP contribution in [0.2, 0.25) is 0 Å². The van der Waals surface area contributed by atoms with Gasteiger partial charge in [0.15, 0.2) is 17.0 Å². The zero-order valence-corrected chi connectivity index (χ0v) is 16.8. The van der Waals surface area contributed by atoms with Crippen LogP contribution in [0.4, 0.5) is 5.69 Å². The van der Waals surface area contributed by atoms with Crippen LogP contribution < -0.4 is 14.8 Å². The highest BCUT2D eigenvalue weighted by atomic mass is 16.5. The van der Waals surface area contributed by atoms with E-state index in [1.54, 1.807) is 49.4 Å². The van der Waals surface area contributed by atoms with Crippen molar-refractivity contribution in [2.75, 3.05) is 12.4 Å². The van der Waals surface area contributed by atoms with E-state index in [4.69, 9.17) is 14.7 Å². The van der Waals surface area contributed by atoms with E-state index in [0.717, 1.165) is 5.56 Å². The van der Waals surface area contributed by atoms with Crippen LogP contribution in [-0.4, -0.2) is 18.2 Å². The number of rotatable bonds is 8. The second kappa shape index (κ2) is 9.01. The van der Waals surface area contributed by atoms with Gasteiger partial charge in [0.1, 0.15) is 6.61 Å². The average molecular weight is 402 g/mol. The molecule has 0 spiro atoms. The van der Waals surface area contributed by atoms with Gasteiger partial charge in [0, 0.05) is 5.69 Å². The summed E-state index contributed by atoms with van der Waals surface area (Å²) in [6.45, 7) is 1.95. The van der Waals surface area contributed by atoms with Crippen molar-refractivity contribution in [1.82, 2.24) is 0 Å². The summed E-state index contributed by atoms with van der Waals surface area (Å²) in [6, 6.07) is 23.5. The quantitative estimate of drug-likeness (QED) is 0.574. The number of methoxy groups -OCH3 is 1. The van der Waals surface area contributed by atoms with Crippen molar-refractivity contribution in [2.45, 2.75) is 19.1 Å². The molecule has 0 fully saturated rings. The second-order valence-corrected chi connectivity index (χ2v) is 6.88. The molecular weight excluding hydrogens is 380 g/mol. The maximum Gasteiger partial charge on any atom is 0.333 e. The van der Waals surface area contributed by atoms with E-state index in [2.05, 4.69) is 5.32 Å². The zero-order chi connectivity index (χ0) is 21.6. The van der Waals surface area contributed by atoms with Gasteiger partial charge in [0.25, 0.3) is 0 Å². The van der Waals surface area contributed by atoms with E-state index in [1.165, 1.54) is 7.11 Å². The Balaban J connectivity index is 1.86. The molecule has 3 aromatic rings. The molecular formula is C24H22N2O4. The van der Waals surface area contributed by atoms with E-state index < -0.39 is 11.5 Å². The standard InChI is InChI=1S/C24H22N2O4/c1-24(23(27)28,26-20-11-8-17(15-25)9-12-20)19-10-13-21(22(14-19)29-2)30-16-18-6-4-3-5-7-18/h3-14,26H,16H2,1-2H3,(H,27,28). The van der Waals surface area contributed by atoms with Crippen LogP contribution in [0.15, 0.2) is 72.8 Å². The SMILES string of the molecule is COc1cc(C(C)(Nc2ccc(C#N)cc2)C(=O)O)ccc1OCc1ccccc1. The summed E-state index contributed by atoms with van der Waals surface area (Å²) in [5.41, 5.74) is 1.19. The van der Waals surface area contributed by atoms with Gasteiger partial charge in [-0.25, -0.2) is 4.79 Å². The van der Waals surface area contributed by atoms with Crippen LogP contribution in [0.1, 0.15) is 23.6 Å². The van der Waals surface area contributed by atoms with Crippen molar-refractivity contribution in [3.05, 3.63) is 89.5 Å². The molecule has 0 saturated heterocycles. The zero-order valence-electron chi connectivity index (χ0n) is 16.8. The molecule has 6 nitrogen and oxygen atoms in total. The van der Waals surface area contributed by atoms with E-state index >= 15 is 0 Å². The highest BCUT2D eigenvalue weighted by Crippen LogP contribution is 2.35. The third-order valence-electron chi connectivity index (χ3n) is 4.81. The third kappa shape index (κ3) is 4.53. The van der Waals surface area contributed by atoms with Gasteiger partial charge in [0.05, 0.1) is 18.7 Å². The van der Waals surface area contributed by atoms with E-state index in [-0.39, 0.29) is 0 Å². The molecule has 30 heavy (non-hydrogen) atoms. The first-order valence-corrected chi connectivity index (χ1v) is 9.33. The predicted octanol–water partition coefficient (Wildman–Crippen LogP) is 4.56. The van der Waals surface area contributed by atoms with Crippen LogP contribution >= 0.6 is 0 Å². The Labute approximate surface area is 175 Å². The Hall–Kier alpha value is -3.98. The molecule has 152 valence electrons. The number of nitriles is 1. The molecule has 0 aliphatic carbocycles. The Morgan fingerprint density at radius 1 is 1.07 bits per heavy atom. The number of carboxylic acids is 1. The van der Waals surface area contributed by atoms with Gasteiger partial charge in [-0.05, 0) is 54.4 Å². The molecule has 0 aliphatic rings. The van der Waals surface area contributed by atoms with Crippen molar-refractivity contribution >= 4 is 11.7 Å². The first-order chi connectivity index (χ1) is 14.5. The van der Waals surface area contributed by atoms with Gasteiger partial charge < -0.3 is 19.9 Å². The summed E-state index contributed by atoms with van der Waals surface area (Å²) < 4.78 is 11.3. The van der Waals surface area contributed by atoms with Crippen molar-refractivity contribution < 1.29 is 19.4 Å². The van der Waals surface area contributed by atoms with E-state index in [1.807, 2.05) is 36.4 Å². The van der Waals surface area contributed by atoms with Gasteiger partial charge >= 0.3 is 5.97 Å². The number of aliphatic carboxylic acids is 1. The maximum atomic E-state index is 12.2. The molecule has 1 atom stereocenters. The molecule has 3 rings (SSSR count). The van der Waals surface area contributed by atoms with Gasteiger partial charge in [-0.2, -0.15) is 5.26 Å². The molecule has 0 aromatic heterocycles. The number of nitrogens with one attached hydrogen (secondary N) is 1. The normalized spacial score (nSPS) is 12.3. The van der Waals surface area contributed by atoms with Gasteiger partial charge in [-0.3, -0.25) is 0 Å². The van der Waals surface area contributed by atoms with Gasteiger partial charge in [-0.1, -0.05) is 36.4 Å². The minimum absolute atomic E-state index is 0.371. The van der Waals surface area contributed by atoms with E-state index in [0.29, 0.717) is 34.9 Å². The third-order valence-corrected chi connectivity index (χ3v) is 4.81. The lowest BCUT2D eigenvalue weighted by Crippen LogP contribution is -2.40. The molecule has 0 amide bonds. The van der Waals surface area contributed by atoms with Crippen LogP contribution in [0.25, 0.3) is 0 Å². The summed E-state index contributed by atoms with van der Waals surface area (Å²) in [7, 11) is 1.51. The number of benzene rings is 3. The number of nitrogens with zero attached hydrogens (tertiary/aromatic N) is 1. The first-order valence-electron chi connectivity index (χ1n) is 9.33. The van der Waals surface area contributed by atoms with Crippen molar-refractivity contribution in [2.24, 2.45) is 0 Å². The van der Waals surface area contributed by atoms with Crippen molar-refractivity contribution in [3.63, 3.8) is 0 Å². The number of ether oxygens (including phenoxy) is 2. The molecule has 0 radical (unpaired) electrons. The topological polar surface area (TPSA) is 91.6 Å². The number of anilines is 1. The predicted molar refractivity (Wildman–Crippen MR) is 114 cm³/mol. The molecule has 0 aliphatic heterocycles. The number of hydrogen-bond donors (Lipinski definition) is 2. The first kappa shape index (κ1) is 20.7. The van der Waals surface area contributed by atoms with Gasteiger partial charge in [-0.15, -0.1) is 0 Å². The largest absolute Gasteiger partial charge is 0.493 e. The monoisotopic (exact) mass is 402 g/mol. The van der Waals surface area contributed by atoms with Crippen LogP contribution in [-0.2, 0) is 16.9 Å². The highest BCUT2D eigenvalue weighted by molar-refractivity contribution is 5.84. The Kier molecular flexibility index (Phi) is 6.23. The van der Waals surface area contributed by atoms with E-state index in [9.17, 15) is 9.90 Å². The fourth-order valence-electron chi connectivity index (χ4n) is 3.00. The molecule has 0 saturated carbocycles. The Morgan fingerprint density at radius 2 is 1.77 bits per heavy atom. The van der Waals surface area contributed by atoms with Gasteiger partial charge in [0.2, 0.25) is 0 Å². The molecule has 3 aromatic carbocycles. The fraction of sp³-hybridized carbons (Fsp3) is 0.167. The smallest absolute Gasteiger partial charge is 0.333 e. The van der Waals surface area contributed by atoms with Crippen molar-refractivity contribution in [3.8, 4) is 17.6 Å².